The van der Waals surface area contributed by atoms with Crippen LogP contribution in [0.3, 0.4) is 0 Å². The van der Waals surface area contributed by atoms with Gasteiger partial charge in [-0.05, 0) is 23.8 Å². The fraction of sp³-hybridized carbons (Fsp3) is 0.235. The number of carbonyl (C=O) groups excluding carboxylic acids is 1. The van der Waals surface area contributed by atoms with Gasteiger partial charge in [0.1, 0.15) is 0 Å². The molecule has 0 aliphatic rings. The van der Waals surface area contributed by atoms with Gasteiger partial charge in [-0.3, -0.25) is 0 Å². The summed E-state index contributed by atoms with van der Waals surface area (Å²) in [6.07, 6.45) is -4.57. The van der Waals surface area contributed by atoms with Crippen molar-refractivity contribution in [3.8, 4) is 0 Å². The lowest BCUT2D eigenvalue weighted by Crippen LogP contribution is -2.30. The largest absolute Gasteiger partial charge is 0.417 e. The summed E-state index contributed by atoms with van der Waals surface area (Å²) >= 11 is 7.19. The van der Waals surface area contributed by atoms with Crippen LogP contribution in [0.4, 0.5) is 23.7 Å². The minimum atomic E-state index is -4.57. The summed E-state index contributed by atoms with van der Waals surface area (Å²) in [5, 5.41) is 4.57. The Balaban J connectivity index is 1.75. The zero-order chi connectivity index (χ0) is 18.3. The SMILES string of the molecule is O=C(NCCSCc1ccccc1)Nc1ccc(Cl)c(C(F)(F)F)c1. The third-order valence-corrected chi connectivity index (χ3v) is 4.53. The average Bonchev–Trinajstić information content (AvgIpc) is 2.56. The number of thioether (sulfide) groups is 1. The monoisotopic (exact) mass is 388 g/mol. The molecule has 0 saturated carbocycles. The number of urea groups is 1. The summed E-state index contributed by atoms with van der Waals surface area (Å²) in [5.41, 5.74) is 0.245. The molecule has 2 aromatic rings. The topological polar surface area (TPSA) is 41.1 Å². The lowest BCUT2D eigenvalue weighted by Gasteiger charge is -2.12. The lowest BCUT2D eigenvalue weighted by molar-refractivity contribution is -0.137. The number of carbonyl (C=O) groups is 1. The van der Waals surface area contributed by atoms with Crippen LogP contribution in [-0.2, 0) is 11.9 Å². The molecule has 25 heavy (non-hydrogen) atoms. The molecule has 8 heteroatoms. The fourth-order valence-electron chi connectivity index (χ4n) is 2.00. The summed E-state index contributed by atoms with van der Waals surface area (Å²) in [6.45, 7) is 0.406. The van der Waals surface area contributed by atoms with Crippen LogP contribution < -0.4 is 10.6 Å². The number of rotatable bonds is 6. The standard InChI is InChI=1S/C17H16ClF3N2OS/c18-15-7-6-13(10-14(15)17(19,20)21)23-16(24)22-8-9-25-11-12-4-2-1-3-5-12/h1-7,10H,8-9,11H2,(H2,22,23,24). The van der Waals surface area contributed by atoms with Gasteiger partial charge in [0.05, 0.1) is 10.6 Å². The highest BCUT2D eigenvalue weighted by atomic mass is 35.5. The minimum Gasteiger partial charge on any atom is -0.337 e. The van der Waals surface area contributed by atoms with Gasteiger partial charge in [0, 0.05) is 23.7 Å². The molecular weight excluding hydrogens is 373 g/mol. The number of hydrogen-bond donors (Lipinski definition) is 2. The summed E-state index contributed by atoms with van der Waals surface area (Å²) in [6, 6.07) is 12.6. The molecule has 0 aliphatic carbocycles. The smallest absolute Gasteiger partial charge is 0.337 e. The van der Waals surface area contributed by atoms with E-state index in [1.807, 2.05) is 30.3 Å². The molecule has 2 amide bonds. The van der Waals surface area contributed by atoms with Crippen molar-refractivity contribution in [2.75, 3.05) is 17.6 Å². The Morgan fingerprint density at radius 1 is 1.12 bits per heavy atom. The van der Waals surface area contributed by atoms with Crippen LogP contribution >= 0.6 is 23.4 Å². The van der Waals surface area contributed by atoms with Crippen molar-refractivity contribution < 1.29 is 18.0 Å². The normalized spacial score (nSPS) is 11.2. The van der Waals surface area contributed by atoms with E-state index in [1.165, 1.54) is 11.6 Å². The van der Waals surface area contributed by atoms with E-state index < -0.39 is 22.8 Å². The second-order valence-corrected chi connectivity index (χ2v) is 6.62. The minimum absolute atomic E-state index is 0.0335. The second-order valence-electron chi connectivity index (χ2n) is 5.11. The van der Waals surface area contributed by atoms with Gasteiger partial charge >= 0.3 is 12.2 Å². The Kier molecular flexibility index (Phi) is 7.01. The molecule has 0 atom stereocenters. The molecule has 0 heterocycles. The zero-order valence-corrected chi connectivity index (χ0v) is 14.6. The fourth-order valence-corrected chi connectivity index (χ4v) is 3.04. The molecule has 2 N–H and O–H groups in total. The van der Waals surface area contributed by atoms with E-state index in [0.29, 0.717) is 12.3 Å². The van der Waals surface area contributed by atoms with E-state index in [1.54, 1.807) is 11.8 Å². The lowest BCUT2D eigenvalue weighted by atomic mass is 10.2. The first-order valence-electron chi connectivity index (χ1n) is 7.39. The summed E-state index contributed by atoms with van der Waals surface area (Å²) in [7, 11) is 0. The number of nitrogens with one attached hydrogen (secondary N) is 2. The van der Waals surface area contributed by atoms with Crippen LogP contribution in [0.1, 0.15) is 11.1 Å². The van der Waals surface area contributed by atoms with E-state index in [2.05, 4.69) is 10.6 Å². The highest BCUT2D eigenvalue weighted by molar-refractivity contribution is 7.98. The molecule has 0 radical (unpaired) electrons. The van der Waals surface area contributed by atoms with Crippen molar-refractivity contribution in [1.82, 2.24) is 5.32 Å². The van der Waals surface area contributed by atoms with Crippen molar-refractivity contribution in [3.63, 3.8) is 0 Å². The van der Waals surface area contributed by atoms with Crippen molar-refractivity contribution in [1.29, 1.82) is 0 Å². The molecule has 2 aromatic carbocycles. The predicted molar refractivity (Wildman–Crippen MR) is 96.1 cm³/mol. The van der Waals surface area contributed by atoms with Crippen molar-refractivity contribution in [2.24, 2.45) is 0 Å². The average molecular weight is 389 g/mol. The van der Waals surface area contributed by atoms with E-state index in [4.69, 9.17) is 11.6 Å². The molecule has 0 unspecified atom stereocenters. The Labute approximate surface area is 152 Å². The molecular formula is C17H16ClF3N2OS. The van der Waals surface area contributed by atoms with Gasteiger partial charge in [0.25, 0.3) is 0 Å². The molecule has 2 rings (SSSR count). The quantitative estimate of drug-likeness (QED) is 0.649. The molecule has 134 valence electrons. The van der Waals surface area contributed by atoms with Gasteiger partial charge in [-0.1, -0.05) is 41.9 Å². The molecule has 0 spiro atoms. The van der Waals surface area contributed by atoms with Crippen LogP contribution in [0.2, 0.25) is 5.02 Å². The van der Waals surface area contributed by atoms with Crippen LogP contribution in [-0.4, -0.2) is 18.3 Å². The number of hydrogen-bond acceptors (Lipinski definition) is 2. The highest BCUT2D eigenvalue weighted by Crippen LogP contribution is 2.36. The Hall–Kier alpha value is -1.86. The van der Waals surface area contributed by atoms with E-state index in [0.717, 1.165) is 17.9 Å². The van der Waals surface area contributed by atoms with Crippen molar-refractivity contribution in [3.05, 3.63) is 64.7 Å². The predicted octanol–water partition coefficient (Wildman–Crippen LogP) is 5.41. The first kappa shape index (κ1) is 19.5. The molecule has 0 aliphatic heterocycles. The summed E-state index contributed by atoms with van der Waals surface area (Å²) in [5.74, 6) is 1.52. The van der Waals surface area contributed by atoms with Crippen molar-refractivity contribution >= 4 is 35.1 Å². The second kappa shape index (κ2) is 9.01. The Morgan fingerprint density at radius 2 is 1.84 bits per heavy atom. The maximum absolute atomic E-state index is 12.8. The first-order valence-corrected chi connectivity index (χ1v) is 8.93. The first-order chi connectivity index (χ1) is 11.9. The Bertz CT molecular complexity index is 711. The highest BCUT2D eigenvalue weighted by Gasteiger charge is 2.33. The third kappa shape index (κ3) is 6.51. The van der Waals surface area contributed by atoms with E-state index in [-0.39, 0.29) is 5.69 Å². The molecule has 0 saturated heterocycles. The zero-order valence-electron chi connectivity index (χ0n) is 13.1. The number of alkyl halides is 3. The Morgan fingerprint density at radius 3 is 2.52 bits per heavy atom. The number of halogens is 4. The number of anilines is 1. The van der Waals surface area contributed by atoms with Gasteiger partial charge in [0.2, 0.25) is 0 Å². The molecule has 0 fully saturated rings. The van der Waals surface area contributed by atoms with Crippen LogP contribution in [0, 0.1) is 0 Å². The maximum atomic E-state index is 12.8. The van der Waals surface area contributed by atoms with E-state index in [9.17, 15) is 18.0 Å². The van der Waals surface area contributed by atoms with Crippen LogP contribution in [0.15, 0.2) is 48.5 Å². The molecule has 0 aromatic heterocycles. The number of benzene rings is 2. The molecule has 0 bridgehead atoms. The van der Waals surface area contributed by atoms with Gasteiger partial charge in [-0.2, -0.15) is 24.9 Å². The molecule has 3 nitrogen and oxygen atoms in total. The van der Waals surface area contributed by atoms with Gasteiger partial charge in [-0.15, -0.1) is 0 Å². The van der Waals surface area contributed by atoms with Gasteiger partial charge in [0.15, 0.2) is 0 Å². The third-order valence-electron chi connectivity index (χ3n) is 3.17. The van der Waals surface area contributed by atoms with E-state index >= 15 is 0 Å². The summed E-state index contributed by atoms with van der Waals surface area (Å²) in [4.78, 5) is 11.7. The summed E-state index contributed by atoms with van der Waals surface area (Å²) < 4.78 is 38.3. The van der Waals surface area contributed by atoms with Gasteiger partial charge < -0.3 is 10.6 Å². The van der Waals surface area contributed by atoms with Gasteiger partial charge in [-0.25, -0.2) is 4.79 Å². The van der Waals surface area contributed by atoms with Crippen LogP contribution in [0.25, 0.3) is 0 Å². The number of amides is 2. The van der Waals surface area contributed by atoms with Crippen molar-refractivity contribution in [2.45, 2.75) is 11.9 Å². The van der Waals surface area contributed by atoms with Crippen LogP contribution in [0.5, 0.6) is 0 Å². The maximum Gasteiger partial charge on any atom is 0.417 e.